The summed E-state index contributed by atoms with van der Waals surface area (Å²) in [7, 11) is -2.40. The van der Waals surface area contributed by atoms with Crippen molar-refractivity contribution in [3.8, 4) is 0 Å². The Morgan fingerprint density at radius 2 is 2.04 bits per heavy atom. The molecule has 2 amide bonds. The second-order valence-corrected chi connectivity index (χ2v) is 7.61. The molecule has 2 aromatic heterocycles. The molecule has 0 unspecified atom stereocenters. The van der Waals surface area contributed by atoms with Gasteiger partial charge in [-0.25, -0.2) is 8.42 Å². The summed E-state index contributed by atoms with van der Waals surface area (Å²) in [6.07, 6.45) is 4.68. The van der Waals surface area contributed by atoms with Crippen molar-refractivity contribution in [2.45, 2.75) is 24.3 Å². The molecule has 1 fully saturated rings. The van der Waals surface area contributed by atoms with Gasteiger partial charge in [0.05, 0.1) is 0 Å². The van der Waals surface area contributed by atoms with Gasteiger partial charge in [-0.2, -0.15) is 5.10 Å². The predicted molar refractivity (Wildman–Crippen MR) is 93.0 cm³/mol. The van der Waals surface area contributed by atoms with E-state index in [-0.39, 0.29) is 34.8 Å². The van der Waals surface area contributed by atoms with Crippen LogP contribution in [0.1, 0.15) is 23.3 Å². The van der Waals surface area contributed by atoms with Crippen molar-refractivity contribution >= 4 is 27.7 Å². The molecule has 0 spiro atoms. The molecule has 3 heterocycles. The second-order valence-electron chi connectivity index (χ2n) is 5.93. The second kappa shape index (κ2) is 7.20. The molecule has 3 rings (SSSR count). The maximum Gasteiger partial charge on any atom is 0.270 e. The van der Waals surface area contributed by atoms with Gasteiger partial charge in [0.2, 0.25) is 5.91 Å². The van der Waals surface area contributed by atoms with Crippen LogP contribution in [0.25, 0.3) is 0 Å². The highest BCUT2D eigenvalue weighted by Gasteiger charge is 2.24. The molecule has 140 valence electrons. The molecule has 1 saturated heterocycles. The van der Waals surface area contributed by atoms with E-state index in [2.05, 4.69) is 20.1 Å². The van der Waals surface area contributed by atoms with Crippen molar-refractivity contribution in [1.82, 2.24) is 25.0 Å². The number of aromatic nitrogens is 3. The number of sulfonamides is 1. The number of aromatic amines is 1. The molecule has 1 aliphatic rings. The van der Waals surface area contributed by atoms with Crippen molar-refractivity contribution in [1.29, 1.82) is 0 Å². The zero-order valence-corrected chi connectivity index (χ0v) is 15.0. The summed E-state index contributed by atoms with van der Waals surface area (Å²) < 4.78 is 28.6. The lowest BCUT2D eigenvalue weighted by atomic mass is 10.4. The van der Waals surface area contributed by atoms with Gasteiger partial charge in [-0.15, -0.1) is 0 Å². The summed E-state index contributed by atoms with van der Waals surface area (Å²) in [5.41, 5.74) is 0.234. The van der Waals surface area contributed by atoms with Gasteiger partial charge >= 0.3 is 0 Å². The first-order valence-corrected chi connectivity index (χ1v) is 9.62. The molecular formula is C15H20N6O4S. The Kier molecular flexibility index (Phi) is 4.98. The zero-order valence-electron chi connectivity index (χ0n) is 14.2. The molecule has 0 atom stereocenters. The average molecular weight is 380 g/mol. The Labute approximate surface area is 150 Å². The normalized spacial score (nSPS) is 14.4. The fourth-order valence-electron chi connectivity index (χ4n) is 2.67. The maximum absolute atomic E-state index is 12.5. The minimum absolute atomic E-state index is 0.0170. The van der Waals surface area contributed by atoms with Crippen molar-refractivity contribution in [3.63, 3.8) is 0 Å². The van der Waals surface area contributed by atoms with E-state index in [0.29, 0.717) is 13.1 Å². The van der Waals surface area contributed by atoms with E-state index in [4.69, 9.17) is 0 Å². The minimum Gasteiger partial charge on any atom is -0.358 e. The van der Waals surface area contributed by atoms with E-state index in [0.717, 1.165) is 12.8 Å². The molecule has 0 aliphatic carbocycles. The minimum atomic E-state index is -3.90. The van der Waals surface area contributed by atoms with E-state index in [9.17, 15) is 18.0 Å². The van der Waals surface area contributed by atoms with Crippen LogP contribution in [0, 0.1) is 0 Å². The van der Waals surface area contributed by atoms with E-state index in [1.165, 1.54) is 36.3 Å². The monoisotopic (exact) mass is 380 g/mol. The van der Waals surface area contributed by atoms with Gasteiger partial charge in [-0.1, -0.05) is 0 Å². The topological polar surface area (TPSA) is 129 Å². The predicted octanol–water partition coefficient (Wildman–Crippen LogP) is -0.00600. The number of nitrogens with one attached hydrogen (secondary N) is 3. The molecule has 0 aromatic carbocycles. The third kappa shape index (κ3) is 3.87. The number of H-pyrrole nitrogens is 1. The third-order valence-corrected chi connectivity index (χ3v) is 5.39. The molecule has 1 aliphatic heterocycles. The Balaban J connectivity index is 1.70. The number of carbonyl (C=O) groups excluding carboxylic acids is 2. The van der Waals surface area contributed by atoms with Gasteiger partial charge in [-0.3, -0.25) is 19.0 Å². The number of nitrogens with zero attached hydrogens (tertiary/aromatic N) is 3. The Morgan fingerprint density at radius 3 is 2.73 bits per heavy atom. The number of hydrogen-bond acceptors (Lipinski definition) is 5. The molecule has 0 saturated carbocycles. The summed E-state index contributed by atoms with van der Waals surface area (Å²) in [6.45, 7) is 1.35. The van der Waals surface area contributed by atoms with E-state index < -0.39 is 10.0 Å². The van der Waals surface area contributed by atoms with Gasteiger partial charge in [0.15, 0.2) is 5.82 Å². The first kappa shape index (κ1) is 18.0. The highest BCUT2D eigenvalue weighted by atomic mass is 32.2. The molecule has 2 aromatic rings. The molecule has 26 heavy (non-hydrogen) atoms. The molecule has 11 heteroatoms. The molecule has 10 nitrogen and oxygen atoms in total. The van der Waals surface area contributed by atoms with E-state index >= 15 is 0 Å². The highest BCUT2D eigenvalue weighted by Crippen LogP contribution is 2.18. The van der Waals surface area contributed by atoms with Crippen LogP contribution >= 0.6 is 0 Å². The zero-order chi connectivity index (χ0) is 18.7. The maximum atomic E-state index is 12.5. The molecule has 0 radical (unpaired) electrons. The lowest BCUT2D eigenvalue weighted by Gasteiger charge is -2.13. The van der Waals surface area contributed by atoms with E-state index in [1.54, 1.807) is 4.90 Å². The summed E-state index contributed by atoms with van der Waals surface area (Å²) in [4.78, 5) is 28.0. The molecular weight excluding hydrogens is 360 g/mol. The van der Waals surface area contributed by atoms with Crippen LogP contribution in [0.15, 0.2) is 29.4 Å². The van der Waals surface area contributed by atoms with Crippen LogP contribution < -0.4 is 10.0 Å². The molecule has 3 N–H and O–H groups in total. The first-order valence-electron chi connectivity index (χ1n) is 8.13. The Morgan fingerprint density at radius 1 is 1.31 bits per heavy atom. The SMILES string of the molecule is CNC(=O)Cn1ccc(NS(=O)(=O)c2c[nH]c(C(=O)N3CCCC3)c2)n1. The summed E-state index contributed by atoms with van der Waals surface area (Å²) in [5.74, 6) is -0.375. The Bertz CT molecular complexity index is 910. The average Bonchev–Trinajstić information content (AvgIpc) is 3.35. The lowest BCUT2D eigenvalue weighted by molar-refractivity contribution is -0.121. The van der Waals surface area contributed by atoms with Crippen LogP contribution in [0.4, 0.5) is 5.82 Å². The number of amides is 2. The van der Waals surface area contributed by atoms with Crippen molar-refractivity contribution < 1.29 is 18.0 Å². The molecule has 0 bridgehead atoms. The number of carbonyl (C=O) groups is 2. The standard InChI is InChI=1S/C15H20N6O4S/c1-16-14(22)10-21-7-4-13(18-21)19-26(24,25)11-8-12(17-9-11)15(23)20-5-2-3-6-20/h4,7-9,17H,2-3,5-6,10H2,1H3,(H,16,22)(H,18,19). The van der Waals surface area contributed by atoms with E-state index in [1.807, 2.05) is 0 Å². The van der Waals surface area contributed by atoms with Crippen molar-refractivity contribution in [3.05, 3.63) is 30.2 Å². The largest absolute Gasteiger partial charge is 0.358 e. The van der Waals surface area contributed by atoms with Crippen LogP contribution in [0.3, 0.4) is 0 Å². The number of hydrogen-bond donors (Lipinski definition) is 3. The van der Waals surface area contributed by atoms with Gasteiger partial charge in [-0.05, 0) is 18.9 Å². The summed E-state index contributed by atoms with van der Waals surface area (Å²) >= 11 is 0. The first-order chi connectivity index (χ1) is 12.4. The van der Waals surface area contributed by atoms with Crippen molar-refractivity contribution in [2.75, 3.05) is 24.9 Å². The third-order valence-electron chi connectivity index (χ3n) is 4.05. The smallest absolute Gasteiger partial charge is 0.270 e. The van der Waals surface area contributed by atoms with Crippen LogP contribution in [0.5, 0.6) is 0 Å². The lowest BCUT2D eigenvalue weighted by Crippen LogP contribution is -2.27. The highest BCUT2D eigenvalue weighted by molar-refractivity contribution is 7.92. The Hall–Kier alpha value is -2.82. The van der Waals surface area contributed by atoms with Crippen molar-refractivity contribution in [2.24, 2.45) is 0 Å². The quantitative estimate of drug-likeness (QED) is 0.649. The number of anilines is 1. The fourth-order valence-corrected chi connectivity index (χ4v) is 3.66. The number of rotatable bonds is 6. The number of likely N-dealkylation sites (tertiary alicyclic amines) is 1. The van der Waals surface area contributed by atoms with Gasteiger partial charge < -0.3 is 15.2 Å². The van der Waals surface area contributed by atoms with Crippen LogP contribution in [-0.4, -0.2) is 60.0 Å². The van der Waals surface area contributed by atoms with Gasteiger partial charge in [0.1, 0.15) is 17.1 Å². The van der Waals surface area contributed by atoms with Crippen LogP contribution in [0.2, 0.25) is 0 Å². The summed E-state index contributed by atoms with van der Waals surface area (Å²) in [6, 6.07) is 2.76. The fraction of sp³-hybridized carbons (Fsp3) is 0.400. The summed E-state index contributed by atoms with van der Waals surface area (Å²) in [5, 5.41) is 6.45. The van der Waals surface area contributed by atoms with Gasteiger partial charge in [0.25, 0.3) is 15.9 Å². The van der Waals surface area contributed by atoms with Crippen LogP contribution in [-0.2, 0) is 21.4 Å². The van der Waals surface area contributed by atoms with Gasteiger partial charge in [0, 0.05) is 38.6 Å². The number of likely N-dealkylation sites (N-methyl/N-ethyl adjacent to an activating group) is 1.